The van der Waals surface area contributed by atoms with Gasteiger partial charge in [-0.2, -0.15) is 18.4 Å². The first-order valence-electron chi connectivity index (χ1n) is 8.46. The lowest BCUT2D eigenvalue weighted by atomic mass is 10.1. The molecule has 0 unspecified atom stereocenters. The van der Waals surface area contributed by atoms with Crippen LogP contribution in [0.3, 0.4) is 0 Å². The summed E-state index contributed by atoms with van der Waals surface area (Å²) in [6, 6.07) is 16.6. The highest BCUT2D eigenvalue weighted by Gasteiger charge is 2.31. The van der Waals surface area contributed by atoms with Crippen LogP contribution in [0.4, 0.5) is 18.9 Å². The van der Waals surface area contributed by atoms with Gasteiger partial charge in [-0.15, -0.1) is 0 Å². The number of nitrogens with one attached hydrogen (secondary N) is 1. The smallest absolute Gasteiger partial charge is 0.322 e. The Hall–Kier alpha value is -3.64. The molecule has 9 heteroatoms. The van der Waals surface area contributed by atoms with E-state index < -0.39 is 27.5 Å². The van der Waals surface area contributed by atoms with E-state index in [1.807, 2.05) is 0 Å². The van der Waals surface area contributed by atoms with Gasteiger partial charge in [-0.1, -0.05) is 30.3 Å². The van der Waals surface area contributed by atoms with Crippen LogP contribution in [0.15, 0.2) is 82.6 Å². The second-order valence-corrected chi connectivity index (χ2v) is 8.03. The molecule has 1 N–H and O–H groups in total. The summed E-state index contributed by atoms with van der Waals surface area (Å²) in [5, 5.41) is 11.5. The van der Waals surface area contributed by atoms with Gasteiger partial charge in [0.1, 0.15) is 6.07 Å². The topological polar surface area (TPSA) is 87.0 Å². The molecule has 0 aliphatic rings. The fourth-order valence-corrected chi connectivity index (χ4v) is 4.38. The highest BCUT2D eigenvalue weighted by molar-refractivity contribution is 7.91. The molecule has 0 heterocycles. The number of sulfone groups is 1. The van der Waals surface area contributed by atoms with E-state index in [2.05, 4.69) is 5.32 Å². The fourth-order valence-electron chi connectivity index (χ4n) is 2.77. The number of nitrogens with zero attached hydrogens (tertiary/aromatic N) is 1. The Morgan fingerprint density at radius 1 is 0.900 bits per heavy atom. The summed E-state index contributed by atoms with van der Waals surface area (Å²) < 4.78 is 64.9. The first kappa shape index (κ1) is 21.1. The van der Waals surface area contributed by atoms with Gasteiger partial charge in [0.05, 0.1) is 26.5 Å². The number of amides is 1. The third-order valence-electron chi connectivity index (χ3n) is 4.17. The molecule has 0 aliphatic heterocycles. The second kappa shape index (κ2) is 8.00. The van der Waals surface area contributed by atoms with Crippen molar-refractivity contribution in [2.45, 2.75) is 16.0 Å². The lowest BCUT2D eigenvalue weighted by molar-refractivity contribution is -0.137. The van der Waals surface area contributed by atoms with Crippen molar-refractivity contribution in [2.24, 2.45) is 0 Å². The molecule has 5 nitrogen and oxygen atoms in total. The summed E-state index contributed by atoms with van der Waals surface area (Å²) in [5.41, 5.74) is -1.45. The number of benzene rings is 3. The van der Waals surface area contributed by atoms with Gasteiger partial charge < -0.3 is 5.32 Å². The zero-order valence-electron chi connectivity index (χ0n) is 15.1. The summed E-state index contributed by atoms with van der Waals surface area (Å²) in [6.45, 7) is 0. The van der Waals surface area contributed by atoms with E-state index in [4.69, 9.17) is 0 Å². The summed E-state index contributed by atoms with van der Waals surface area (Å²) in [5.74, 6) is -0.900. The van der Waals surface area contributed by atoms with Crippen LogP contribution in [0.1, 0.15) is 21.5 Å². The average molecular weight is 430 g/mol. The maximum absolute atomic E-state index is 13.1. The van der Waals surface area contributed by atoms with Crippen LogP contribution < -0.4 is 5.32 Å². The van der Waals surface area contributed by atoms with Gasteiger partial charge in [-0.25, -0.2) is 8.42 Å². The summed E-state index contributed by atoms with van der Waals surface area (Å²) in [6.07, 6.45) is -4.59. The lowest BCUT2D eigenvalue weighted by Gasteiger charge is -2.13. The van der Waals surface area contributed by atoms with Gasteiger partial charge in [0, 0.05) is 5.69 Å². The zero-order valence-corrected chi connectivity index (χ0v) is 16.0. The Morgan fingerprint density at radius 3 is 2.20 bits per heavy atom. The molecule has 0 atom stereocenters. The van der Waals surface area contributed by atoms with Crippen molar-refractivity contribution < 1.29 is 26.4 Å². The van der Waals surface area contributed by atoms with Crippen molar-refractivity contribution in [1.82, 2.24) is 0 Å². The predicted octanol–water partition coefficient (Wildman–Crippen LogP) is 4.66. The first-order chi connectivity index (χ1) is 14.1. The molecule has 0 saturated carbocycles. The van der Waals surface area contributed by atoms with Gasteiger partial charge in [0.25, 0.3) is 5.91 Å². The minimum Gasteiger partial charge on any atom is -0.322 e. The van der Waals surface area contributed by atoms with Crippen LogP contribution in [-0.2, 0) is 16.0 Å². The van der Waals surface area contributed by atoms with Gasteiger partial charge in [0.2, 0.25) is 9.84 Å². The van der Waals surface area contributed by atoms with Gasteiger partial charge in [-0.3, -0.25) is 4.79 Å². The van der Waals surface area contributed by atoms with Crippen molar-refractivity contribution in [2.75, 3.05) is 5.32 Å². The molecule has 1 amide bonds. The Bertz CT molecular complexity index is 1260. The van der Waals surface area contributed by atoms with Crippen LogP contribution >= 0.6 is 0 Å². The van der Waals surface area contributed by atoms with Crippen LogP contribution in [0.2, 0.25) is 0 Å². The van der Waals surface area contributed by atoms with Crippen LogP contribution in [0.25, 0.3) is 0 Å². The SMILES string of the molecule is N#Cc1ccccc1S(=O)(=O)c1ccccc1C(=O)Nc1cccc(C(F)(F)F)c1. The van der Waals surface area contributed by atoms with Gasteiger partial charge in [0.15, 0.2) is 0 Å². The molecular weight excluding hydrogens is 417 g/mol. The molecule has 3 aromatic carbocycles. The van der Waals surface area contributed by atoms with Crippen molar-refractivity contribution in [3.63, 3.8) is 0 Å². The van der Waals surface area contributed by atoms with E-state index in [1.54, 1.807) is 6.07 Å². The number of nitriles is 1. The Morgan fingerprint density at radius 2 is 1.53 bits per heavy atom. The molecule has 0 radical (unpaired) electrons. The molecule has 3 aromatic rings. The van der Waals surface area contributed by atoms with E-state index in [0.29, 0.717) is 0 Å². The molecule has 152 valence electrons. The second-order valence-electron chi connectivity index (χ2n) is 6.14. The predicted molar refractivity (Wildman–Crippen MR) is 102 cm³/mol. The minimum absolute atomic E-state index is 0.0920. The van der Waals surface area contributed by atoms with Crippen molar-refractivity contribution in [3.05, 3.63) is 89.5 Å². The van der Waals surface area contributed by atoms with Crippen molar-refractivity contribution in [1.29, 1.82) is 5.26 Å². The van der Waals surface area contributed by atoms with E-state index >= 15 is 0 Å². The molecule has 0 aliphatic carbocycles. The number of carbonyl (C=O) groups is 1. The van der Waals surface area contributed by atoms with Crippen molar-refractivity contribution in [3.8, 4) is 6.07 Å². The molecule has 0 bridgehead atoms. The molecule has 0 fully saturated rings. The zero-order chi connectivity index (χ0) is 21.9. The molecular formula is C21H13F3N2O3S. The van der Waals surface area contributed by atoms with Crippen LogP contribution in [0.5, 0.6) is 0 Å². The number of hydrogen-bond donors (Lipinski definition) is 1. The van der Waals surface area contributed by atoms with Gasteiger partial charge >= 0.3 is 6.18 Å². The average Bonchev–Trinajstić information content (AvgIpc) is 2.73. The number of anilines is 1. The third-order valence-corrected chi connectivity index (χ3v) is 6.04. The fraction of sp³-hybridized carbons (Fsp3) is 0.0476. The first-order valence-corrected chi connectivity index (χ1v) is 9.95. The quantitative estimate of drug-likeness (QED) is 0.652. The highest BCUT2D eigenvalue weighted by atomic mass is 32.2. The lowest BCUT2D eigenvalue weighted by Crippen LogP contribution is -2.17. The largest absolute Gasteiger partial charge is 0.416 e. The van der Waals surface area contributed by atoms with Crippen LogP contribution in [0, 0.1) is 11.3 Å². The number of hydrogen-bond acceptors (Lipinski definition) is 4. The van der Waals surface area contributed by atoms with E-state index in [-0.39, 0.29) is 26.6 Å². The number of rotatable bonds is 4. The minimum atomic E-state index is -4.59. The summed E-state index contributed by atoms with van der Waals surface area (Å²) >= 11 is 0. The molecule has 0 aromatic heterocycles. The number of halogens is 3. The van der Waals surface area contributed by atoms with E-state index in [0.717, 1.165) is 18.2 Å². The molecule has 0 spiro atoms. The van der Waals surface area contributed by atoms with Crippen molar-refractivity contribution >= 4 is 21.4 Å². The Kier molecular flexibility index (Phi) is 5.62. The monoisotopic (exact) mass is 430 g/mol. The van der Waals surface area contributed by atoms with Gasteiger partial charge in [-0.05, 0) is 42.5 Å². The van der Waals surface area contributed by atoms with E-state index in [1.165, 1.54) is 54.6 Å². The Balaban J connectivity index is 2.02. The third kappa shape index (κ3) is 4.18. The summed E-state index contributed by atoms with van der Waals surface area (Å²) in [4.78, 5) is 12.1. The molecule has 3 rings (SSSR count). The maximum Gasteiger partial charge on any atom is 0.416 e. The number of alkyl halides is 3. The normalized spacial score (nSPS) is 11.5. The van der Waals surface area contributed by atoms with Crippen LogP contribution in [-0.4, -0.2) is 14.3 Å². The standard InChI is InChI=1S/C21H13F3N2O3S/c22-21(23,24)15-7-5-8-16(12-15)26-20(27)17-9-2-4-11-19(17)30(28,29)18-10-3-1-6-14(18)13-25/h1-12H,(H,26,27). The maximum atomic E-state index is 13.1. The molecule has 30 heavy (non-hydrogen) atoms. The molecule has 0 saturated heterocycles. The summed E-state index contributed by atoms with van der Waals surface area (Å²) in [7, 11) is -4.24. The highest BCUT2D eigenvalue weighted by Crippen LogP contribution is 2.31. The van der Waals surface area contributed by atoms with E-state index in [9.17, 15) is 31.6 Å². The Labute approximate surface area is 170 Å². The number of carbonyl (C=O) groups excluding carboxylic acids is 1.